The van der Waals surface area contributed by atoms with Crippen molar-refractivity contribution in [1.29, 1.82) is 0 Å². The largest absolute Gasteiger partial charge is 0.320 e. The number of hydrogen-bond donors (Lipinski definition) is 1. The summed E-state index contributed by atoms with van der Waals surface area (Å²) in [6.07, 6.45) is 0.276. The van der Waals surface area contributed by atoms with Gasteiger partial charge in [0.25, 0.3) is 0 Å². The van der Waals surface area contributed by atoms with E-state index in [-0.39, 0.29) is 18.2 Å². The van der Waals surface area contributed by atoms with Crippen LogP contribution in [0.15, 0.2) is 24.3 Å². The zero-order valence-electron chi connectivity index (χ0n) is 11.8. The van der Waals surface area contributed by atoms with Crippen molar-refractivity contribution < 1.29 is 9.59 Å². The van der Waals surface area contributed by atoms with Crippen LogP contribution in [0, 0.1) is 17.3 Å². The maximum atomic E-state index is 12.2. The minimum atomic E-state index is -0.589. The number of benzene rings is 1. The molecule has 2 rings (SSSR count). The lowest BCUT2D eigenvalue weighted by Gasteiger charge is -2.17. The van der Waals surface area contributed by atoms with Gasteiger partial charge in [-0.25, -0.2) is 0 Å². The summed E-state index contributed by atoms with van der Waals surface area (Å²) in [6.45, 7) is 4.22. The van der Waals surface area contributed by atoms with Gasteiger partial charge >= 0.3 is 0 Å². The summed E-state index contributed by atoms with van der Waals surface area (Å²) in [5.74, 6) is 5.51. The number of rotatable bonds is 2. The molecule has 0 bridgehead atoms. The zero-order chi connectivity index (χ0) is 14.8. The Morgan fingerprint density at radius 1 is 1.35 bits per heavy atom. The number of imide groups is 1. The summed E-state index contributed by atoms with van der Waals surface area (Å²) >= 11 is 0. The second kappa shape index (κ2) is 5.48. The van der Waals surface area contributed by atoms with E-state index in [1.54, 1.807) is 13.8 Å². The van der Waals surface area contributed by atoms with Crippen LogP contribution < -0.4 is 5.73 Å². The van der Waals surface area contributed by atoms with Crippen molar-refractivity contribution in [3.05, 3.63) is 35.4 Å². The first-order valence-corrected chi connectivity index (χ1v) is 6.57. The van der Waals surface area contributed by atoms with Crippen molar-refractivity contribution in [2.45, 2.75) is 26.8 Å². The van der Waals surface area contributed by atoms with Crippen LogP contribution in [0.1, 0.15) is 31.4 Å². The van der Waals surface area contributed by atoms with Gasteiger partial charge in [0.1, 0.15) is 0 Å². The van der Waals surface area contributed by atoms with E-state index < -0.39 is 5.41 Å². The molecule has 0 aromatic heterocycles. The Morgan fingerprint density at radius 3 is 2.70 bits per heavy atom. The molecule has 0 saturated carbocycles. The highest BCUT2D eigenvalue weighted by Gasteiger charge is 2.44. The van der Waals surface area contributed by atoms with Crippen LogP contribution in [0.3, 0.4) is 0 Å². The fourth-order valence-electron chi connectivity index (χ4n) is 2.27. The molecule has 1 aromatic rings. The van der Waals surface area contributed by atoms with E-state index in [4.69, 9.17) is 5.73 Å². The number of hydrogen-bond acceptors (Lipinski definition) is 3. The summed E-state index contributed by atoms with van der Waals surface area (Å²) < 4.78 is 0. The predicted octanol–water partition coefficient (Wildman–Crippen LogP) is 1.28. The molecule has 0 aliphatic carbocycles. The average molecular weight is 270 g/mol. The molecule has 0 unspecified atom stereocenters. The minimum absolute atomic E-state index is 0.110. The lowest BCUT2D eigenvalue weighted by Crippen LogP contribution is -2.32. The molecular formula is C16H18N2O2. The third-order valence-electron chi connectivity index (χ3n) is 3.32. The normalized spacial score (nSPS) is 17.1. The molecule has 4 heteroatoms. The Morgan fingerprint density at radius 2 is 2.10 bits per heavy atom. The Bertz CT molecular complexity index is 608. The molecule has 1 heterocycles. The zero-order valence-corrected chi connectivity index (χ0v) is 11.8. The van der Waals surface area contributed by atoms with E-state index in [1.807, 2.05) is 24.3 Å². The summed E-state index contributed by atoms with van der Waals surface area (Å²) in [7, 11) is 0. The van der Waals surface area contributed by atoms with Gasteiger partial charge in [-0.05, 0) is 17.7 Å². The summed E-state index contributed by atoms with van der Waals surface area (Å²) in [6, 6.07) is 7.52. The monoisotopic (exact) mass is 270 g/mol. The van der Waals surface area contributed by atoms with Gasteiger partial charge in [-0.1, -0.05) is 37.8 Å². The van der Waals surface area contributed by atoms with Crippen LogP contribution in [-0.4, -0.2) is 23.3 Å². The fraction of sp³-hybridized carbons (Fsp3) is 0.375. The minimum Gasteiger partial charge on any atom is -0.320 e. The van der Waals surface area contributed by atoms with Crippen LogP contribution in [0.4, 0.5) is 0 Å². The van der Waals surface area contributed by atoms with Gasteiger partial charge in [0.05, 0.1) is 18.5 Å². The number of nitrogens with two attached hydrogens (primary N) is 1. The predicted molar refractivity (Wildman–Crippen MR) is 76.3 cm³/mol. The summed E-state index contributed by atoms with van der Waals surface area (Å²) in [5.41, 5.74) is 6.49. The SMILES string of the molecule is CC1(C)CC(=O)N(Cc2cccc(C#CCN)c2)C1=O. The van der Waals surface area contributed by atoms with Crippen LogP contribution in [0.5, 0.6) is 0 Å². The second-order valence-corrected chi connectivity index (χ2v) is 5.55. The topological polar surface area (TPSA) is 63.4 Å². The molecule has 4 nitrogen and oxygen atoms in total. The van der Waals surface area contributed by atoms with Crippen LogP contribution >= 0.6 is 0 Å². The van der Waals surface area contributed by atoms with E-state index in [0.717, 1.165) is 11.1 Å². The van der Waals surface area contributed by atoms with E-state index in [1.165, 1.54) is 4.90 Å². The quantitative estimate of drug-likeness (QED) is 0.650. The number of carbonyl (C=O) groups is 2. The number of amides is 2. The first kappa shape index (κ1) is 14.3. The summed E-state index contributed by atoms with van der Waals surface area (Å²) in [4.78, 5) is 25.4. The van der Waals surface area contributed by atoms with E-state index in [2.05, 4.69) is 11.8 Å². The standard InChI is InChI=1S/C16H18N2O2/c1-16(2)10-14(19)18(15(16)20)11-13-6-3-5-12(9-13)7-4-8-17/h3,5-6,9H,8,10-11,17H2,1-2H3. The van der Waals surface area contributed by atoms with Crippen molar-refractivity contribution in [3.63, 3.8) is 0 Å². The van der Waals surface area contributed by atoms with Gasteiger partial charge < -0.3 is 5.73 Å². The molecule has 20 heavy (non-hydrogen) atoms. The van der Waals surface area contributed by atoms with Gasteiger partial charge in [-0.15, -0.1) is 0 Å². The first-order chi connectivity index (χ1) is 9.44. The fourth-order valence-corrected chi connectivity index (χ4v) is 2.27. The maximum absolute atomic E-state index is 12.2. The molecule has 0 atom stereocenters. The van der Waals surface area contributed by atoms with E-state index in [0.29, 0.717) is 13.1 Å². The Labute approximate surface area is 118 Å². The van der Waals surface area contributed by atoms with Gasteiger partial charge in [0.15, 0.2) is 0 Å². The van der Waals surface area contributed by atoms with Crippen molar-refractivity contribution in [1.82, 2.24) is 4.90 Å². The molecule has 104 valence electrons. The molecule has 1 aliphatic heterocycles. The Kier molecular flexibility index (Phi) is 3.91. The molecule has 2 N–H and O–H groups in total. The van der Waals surface area contributed by atoms with Crippen molar-refractivity contribution in [2.75, 3.05) is 6.54 Å². The maximum Gasteiger partial charge on any atom is 0.235 e. The Balaban J connectivity index is 2.18. The summed E-state index contributed by atoms with van der Waals surface area (Å²) in [5, 5.41) is 0. The van der Waals surface area contributed by atoms with Gasteiger partial charge in [-0.3, -0.25) is 14.5 Å². The highest BCUT2D eigenvalue weighted by Crippen LogP contribution is 2.32. The number of likely N-dealkylation sites (tertiary alicyclic amines) is 1. The van der Waals surface area contributed by atoms with Crippen molar-refractivity contribution in [3.8, 4) is 11.8 Å². The average Bonchev–Trinajstić information content (AvgIpc) is 2.59. The van der Waals surface area contributed by atoms with Gasteiger partial charge in [-0.2, -0.15) is 0 Å². The molecule has 1 aliphatic rings. The van der Waals surface area contributed by atoms with Crippen molar-refractivity contribution >= 4 is 11.8 Å². The molecule has 0 spiro atoms. The van der Waals surface area contributed by atoms with E-state index >= 15 is 0 Å². The molecule has 1 saturated heterocycles. The first-order valence-electron chi connectivity index (χ1n) is 6.57. The van der Waals surface area contributed by atoms with Crippen molar-refractivity contribution in [2.24, 2.45) is 11.1 Å². The highest BCUT2D eigenvalue weighted by atomic mass is 16.2. The van der Waals surface area contributed by atoms with Crippen LogP contribution in [0.2, 0.25) is 0 Å². The molecule has 1 aromatic carbocycles. The van der Waals surface area contributed by atoms with E-state index in [9.17, 15) is 9.59 Å². The van der Waals surface area contributed by atoms with Gasteiger partial charge in [0, 0.05) is 12.0 Å². The third-order valence-corrected chi connectivity index (χ3v) is 3.32. The highest BCUT2D eigenvalue weighted by molar-refractivity contribution is 6.05. The number of nitrogens with zero attached hydrogens (tertiary/aromatic N) is 1. The molecule has 2 amide bonds. The lowest BCUT2D eigenvalue weighted by atomic mass is 9.92. The van der Waals surface area contributed by atoms with Crippen LogP contribution in [-0.2, 0) is 16.1 Å². The molecular weight excluding hydrogens is 252 g/mol. The third kappa shape index (κ3) is 2.89. The second-order valence-electron chi connectivity index (χ2n) is 5.55. The van der Waals surface area contributed by atoms with Gasteiger partial charge in [0.2, 0.25) is 11.8 Å². The Hall–Kier alpha value is -2.12. The molecule has 0 radical (unpaired) electrons. The van der Waals surface area contributed by atoms with Crippen LogP contribution in [0.25, 0.3) is 0 Å². The smallest absolute Gasteiger partial charge is 0.235 e. The lowest BCUT2D eigenvalue weighted by molar-refractivity contribution is -0.141. The number of carbonyl (C=O) groups excluding carboxylic acids is 2. The molecule has 1 fully saturated rings.